The van der Waals surface area contributed by atoms with Crippen LogP contribution in [0, 0.1) is 0 Å². The molecule has 0 unspecified atom stereocenters. The smallest absolute Gasteiger partial charge is 0.237 e. The number of anilines is 1. The second kappa shape index (κ2) is 6.79. The Morgan fingerprint density at radius 1 is 1.17 bits per heavy atom. The minimum Gasteiger partial charge on any atom is -0.340 e. The molecule has 2 aliphatic rings. The van der Waals surface area contributed by atoms with Crippen molar-refractivity contribution in [2.45, 2.75) is 57.5 Å². The summed E-state index contributed by atoms with van der Waals surface area (Å²) in [5, 5.41) is 0. The first-order chi connectivity index (χ1) is 14.2. The standard InChI is InChI=1S/C23H25N5O/c1-3-18-10-11-23(4-2)19(29)14-17-15-25-22(26-21(17)28(18)23)27-13-12-24-20(27)16-8-6-5-7-9-16/h5-9,12-13,15,18H,3-4,10-11,14H2,1-2H3/t18-,23+/m1/s1. The maximum Gasteiger partial charge on any atom is 0.237 e. The van der Waals surface area contributed by atoms with E-state index in [1.165, 1.54) is 0 Å². The van der Waals surface area contributed by atoms with Gasteiger partial charge in [-0.05, 0) is 25.7 Å². The molecule has 1 saturated heterocycles. The first-order valence-electron chi connectivity index (χ1n) is 10.5. The molecule has 0 N–H and O–H groups in total. The summed E-state index contributed by atoms with van der Waals surface area (Å²) in [7, 11) is 0. The summed E-state index contributed by atoms with van der Waals surface area (Å²) in [6, 6.07) is 10.4. The van der Waals surface area contributed by atoms with Crippen LogP contribution < -0.4 is 4.90 Å². The van der Waals surface area contributed by atoms with Gasteiger partial charge in [-0.25, -0.2) is 9.97 Å². The van der Waals surface area contributed by atoms with E-state index in [1.54, 1.807) is 6.20 Å². The minimum atomic E-state index is -0.406. The Labute approximate surface area is 170 Å². The molecule has 2 aliphatic heterocycles. The highest BCUT2D eigenvalue weighted by Gasteiger charge is 2.53. The molecule has 0 spiro atoms. The molecule has 0 amide bonds. The minimum absolute atomic E-state index is 0.312. The van der Waals surface area contributed by atoms with Gasteiger partial charge in [0.05, 0.1) is 0 Å². The van der Waals surface area contributed by atoms with Crippen LogP contribution in [0.25, 0.3) is 17.3 Å². The van der Waals surface area contributed by atoms with Crippen LogP contribution in [0.4, 0.5) is 5.82 Å². The maximum absolute atomic E-state index is 13.1. The summed E-state index contributed by atoms with van der Waals surface area (Å²) in [6.45, 7) is 4.32. The molecule has 0 radical (unpaired) electrons. The van der Waals surface area contributed by atoms with Crippen molar-refractivity contribution in [2.75, 3.05) is 4.90 Å². The number of hydrogen-bond donors (Lipinski definition) is 0. The molecule has 4 heterocycles. The molecule has 0 saturated carbocycles. The fourth-order valence-corrected chi connectivity index (χ4v) is 5.03. The van der Waals surface area contributed by atoms with Gasteiger partial charge in [0.1, 0.15) is 17.2 Å². The molecular weight excluding hydrogens is 362 g/mol. The summed E-state index contributed by atoms with van der Waals surface area (Å²) >= 11 is 0. The van der Waals surface area contributed by atoms with Gasteiger partial charge in [-0.3, -0.25) is 9.36 Å². The Kier molecular flexibility index (Phi) is 4.23. The fourth-order valence-electron chi connectivity index (χ4n) is 5.03. The van der Waals surface area contributed by atoms with Crippen molar-refractivity contribution in [3.63, 3.8) is 0 Å². The Balaban J connectivity index is 1.64. The molecule has 6 heteroatoms. The van der Waals surface area contributed by atoms with Crippen LogP contribution in [0.2, 0.25) is 0 Å². The van der Waals surface area contributed by atoms with Crippen molar-refractivity contribution in [3.05, 3.63) is 54.5 Å². The monoisotopic (exact) mass is 387 g/mol. The third kappa shape index (κ3) is 2.62. The van der Waals surface area contributed by atoms with E-state index in [0.717, 1.165) is 48.5 Å². The number of carbonyl (C=O) groups excluding carboxylic acids is 1. The van der Waals surface area contributed by atoms with E-state index in [4.69, 9.17) is 4.98 Å². The summed E-state index contributed by atoms with van der Waals surface area (Å²) in [6.07, 6.45) is 9.70. The van der Waals surface area contributed by atoms with Gasteiger partial charge >= 0.3 is 0 Å². The lowest BCUT2D eigenvalue weighted by molar-refractivity contribution is -0.124. The van der Waals surface area contributed by atoms with Crippen molar-refractivity contribution in [1.82, 2.24) is 19.5 Å². The van der Waals surface area contributed by atoms with E-state index >= 15 is 0 Å². The number of imidazole rings is 1. The van der Waals surface area contributed by atoms with Crippen LogP contribution in [0.5, 0.6) is 0 Å². The lowest BCUT2D eigenvalue weighted by Gasteiger charge is -2.44. The molecule has 148 valence electrons. The van der Waals surface area contributed by atoms with E-state index in [2.05, 4.69) is 28.7 Å². The first kappa shape index (κ1) is 18.0. The number of benzene rings is 1. The molecule has 1 fully saturated rings. The van der Waals surface area contributed by atoms with E-state index < -0.39 is 5.54 Å². The van der Waals surface area contributed by atoms with Crippen LogP contribution >= 0.6 is 0 Å². The molecule has 0 bridgehead atoms. The van der Waals surface area contributed by atoms with Crippen LogP contribution in [0.1, 0.15) is 45.1 Å². The van der Waals surface area contributed by atoms with Gasteiger partial charge in [0.25, 0.3) is 0 Å². The number of aromatic nitrogens is 4. The summed E-state index contributed by atoms with van der Waals surface area (Å²) in [5.41, 5.74) is 1.55. The number of hydrogen-bond acceptors (Lipinski definition) is 5. The van der Waals surface area contributed by atoms with Gasteiger partial charge in [0.15, 0.2) is 5.78 Å². The molecule has 6 nitrogen and oxygen atoms in total. The quantitative estimate of drug-likeness (QED) is 0.677. The lowest BCUT2D eigenvalue weighted by Crippen LogP contribution is -2.56. The molecule has 5 rings (SSSR count). The molecular formula is C23H25N5O. The van der Waals surface area contributed by atoms with Gasteiger partial charge in [-0.2, -0.15) is 4.98 Å². The van der Waals surface area contributed by atoms with Crippen molar-refractivity contribution in [2.24, 2.45) is 0 Å². The third-order valence-electron chi connectivity index (χ3n) is 6.59. The van der Waals surface area contributed by atoms with Crippen molar-refractivity contribution in [3.8, 4) is 17.3 Å². The number of carbonyl (C=O) groups is 1. The number of ketones is 1. The first-order valence-corrected chi connectivity index (χ1v) is 10.5. The zero-order valence-electron chi connectivity index (χ0n) is 16.9. The maximum atomic E-state index is 13.1. The van der Waals surface area contributed by atoms with Gasteiger partial charge in [0.2, 0.25) is 5.95 Å². The predicted molar refractivity (Wildman–Crippen MR) is 112 cm³/mol. The second-order valence-corrected chi connectivity index (χ2v) is 7.96. The van der Waals surface area contributed by atoms with E-state index in [-0.39, 0.29) is 0 Å². The Hall–Kier alpha value is -3.02. The topological polar surface area (TPSA) is 63.9 Å². The van der Waals surface area contributed by atoms with E-state index in [0.29, 0.717) is 24.2 Å². The molecule has 1 aromatic carbocycles. The summed E-state index contributed by atoms with van der Waals surface area (Å²) < 4.78 is 1.93. The molecule has 3 aromatic rings. The van der Waals surface area contributed by atoms with Gasteiger partial charge in [-0.15, -0.1) is 0 Å². The summed E-state index contributed by atoms with van der Waals surface area (Å²) in [5.74, 6) is 2.65. The van der Waals surface area contributed by atoms with Crippen LogP contribution in [0.3, 0.4) is 0 Å². The van der Waals surface area contributed by atoms with Crippen LogP contribution in [-0.2, 0) is 11.2 Å². The van der Waals surface area contributed by atoms with Gasteiger partial charge < -0.3 is 4.90 Å². The molecule has 2 atom stereocenters. The number of Topliss-reactive ketones (excluding diaryl/α,β-unsaturated/α-hetero) is 1. The average Bonchev–Trinajstić information content (AvgIpc) is 3.40. The SMILES string of the molecule is CC[C@@H]1CC[C@@]2(CC)C(=O)Cc3cnc(-n4ccnc4-c4ccccc4)nc3N12. The van der Waals surface area contributed by atoms with Crippen molar-refractivity contribution in [1.29, 1.82) is 0 Å². The molecule has 0 aliphatic carbocycles. The highest BCUT2D eigenvalue weighted by molar-refractivity contribution is 5.97. The highest BCUT2D eigenvalue weighted by Crippen LogP contribution is 2.46. The normalized spacial score (nSPS) is 23.2. The third-order valence-corrected chi connectivity index (χ3v) is 6.59. The Bertz CT molecular complexity index is 1060. The number of fused-ring (bicyclic) bond motifs is 3. The Morgan fingerprint density at radius 2 is 2.00 bits per heavy atom. The number of rotatable bonds is 4. The second-order valence-electron chi connectivity index (χ2n) is 7.96. The largest absolute Gasteiger partial charge is 0.340 e. The Morgan fingerprint density at radius 3 is 2.76 bits per heavy atom. The van der Waals surface area contributed by atoms with E-state index in [9.17, 15) is 4.79 Å². The zero-order chi connectivity index (χ0) is 20.0. The van der Waals surface area contributed by atoms with Crippen LogP contribution in [0.15, 0.2) is 48.9 Å². The highest BCUT2D eigenvalue weighted by atomic mass is 16.1. The summed E-state index contributed by atoms with van der Waals surface area (Å²) in [4.78, 5) is 29.5. The zero-order valence-corrected chi connectivity index (χ0v) is 16.9. The lowest BCUT2D eigenvalue weighted by atomic mass is 9.82. The fraction of sp³-hybridized carbons (Fsp3) is 0.391. The van der Waals surface area contributed by atoms with Crippen LogP contribution in [-0.4, -0.2) is 36.9 Å². The van der Waals surface area contributed by atoms with Crippen molar-refractivity contribution >= 4 is 11.6 Å². The predicted octanol–water partition coefficient (Wildman–Crippen LogP) is 3.98. The van der Waals surface area contributed by atoms with Gasteiger partial charge in [-0.1, -0.05) is 44.2 Å². The van der Waals surface area contributed by atoms with Gasteiger partial charge in [0, 0.05) is 42.2 Å². The molecule has 2 aromatic heterocycles. The number of nitrogens with zero attached hydrogens (tertiary/aromatic N) is 5. The average molecular weight is 387 g/mol. The van der Waals surface area contributed by atoms with E-state index in [1.807, 2.05) is 47.3 Å². The molecule has 29 heavy (non-hydrogen) atoms. The van der Waals surface area contributed by atoms with Crippen molar-refractivity contribution < 1.29 is 4.79 Å².